The summed E-state index contributed by atoms with van der Waals surface area (Å²) in [5, 5.41) is 1.83. The van der Waals surface area contributed by atoms with Crippen molar-refractivity contribution in [3.8, 4) is 0 Å². The number of anilines is 2. The Balaban J connectivity index is 2.51. The maximum Gasteiger partial charge on any atom is 0.168 e. The lowest BCUT2D eigenvalue weighted by atomic mass is 10.4. The van der Waals surface area contributed by atoms with Crippen molar-refractivity contribution in [2.45, 2.75) is 0 Å². The van der Waals surface area contributed by atoms with Crippen molar-refractivity contribution in [2.24, 2.45) is 0 Å². The third-order valence-corrected chi connectivity index (χ3v) is 1.46. The van der Waals surface area contributed by atoms with Gasteiger partial charge in [-0.2, -0.15) is 0 Å². The van der Waals surface area contributed by atoms with Crippen LogP contribution in [0.5, 0.6) is 0 Å². The van der Waals surface area contributed by atoms with E-state index >= 15 is 0 Å². The Hall–Kier alpha value is -1.29. The average molecular weight is 136 g/mol. The first-order valence-electron chi connectivity index (χ1n) is 3.08. The molecule has 2 N–H and O–H groups in total. The molecular formula is C6H8N4. The second-order valence-corrected chi connectivity index (χ2v) is 2.17. The molecule has 0 saturated carbocycles. The number of hydrazine groups is 2. The number of hydrogen-bond acceptors (Lipinski definition) is 4. The first-order chi connectivity index (χ1) is 4.88. The van der Waals surface area contributed by atoms with Crippen LogP contribution in [0.4, 0.5) is 11.5 Å². The zero-order chi connectivity index (χ0) is 6.97. The van der Waals surface area contributed by atoms with Gasteiger partial charge in [-0.1, -0.05) is 0 Å². The van der Waals surface area contributed by atoms with Crippen molar-refractivity contribution in [2.75, 3.05) is 17.5 Å². The molecule has 0 saturated heterocycles. The van der Waals surface area contributed by atoms with Crippen LogP contribution in [0.3, 0.4) is 0 Å². The van der Waals surface area contributed by atoms with E-state index in [1.165, 1.54) is 0 Å². The summed E-state index contributed by atoms with van der Waals surface area (Å²) in [5.41, 5.74) is 6.89. The van der Waals surface area contributed by atoms with Crippen molar-refractivity contribution in [1.29, 1.82) is 0 Å². The van der Waals surface area contributed by atoms with E-state index in [0.717, 1.165) is 11.5 Å². The molecule has 0 radical (unpaired) electrons. The number of fused-ring (bicyclic) bond motifs is 1. The number of rotatable bonds is 0. The highest BCUT2D eigenvalue weighted by Crippen LogP contribution is 2.23. The van der Waals surface area contributed by atoms with Gasteiger partial charge in [0.1, 0.15) is 0 Å². The highest BCUT2D eigenvalue weighted by Gasteiger charge is 2.13. The summed E-state index contributed by atoms with van der Waals surface area (Å²) in [5.74, 6) is 0.933. The van der Waals surface area contributed by atoms with E-state index in [-0.39, 0.29) is 0 Å². The van der Waals surface area contributed by atoms with Crippen molar-refractivity contribution in [3.63, 3.8) is 0 Å². The van der Waals surface area contributed by atoms with Crippen LogP contribution in [-0.4, -0.2) is 12.0 Å². The standard InChI is InChI=1S/C6H8N4/c1-10-6-5(8-9-10)3-2-4-7-6/h2-4,8-9H,1H3. The lowest BCUT2D eigenvalue weighted by Gasteiger charge is -2.06. The Bertz CT molecular complexity index is 247. The topological polar surface area (TPSA) is 40.2 Å². The zero-order valence-corrected chi connectivity index (χ0v) is 5.63. The molecule has 0 aromatic carbocycles. The van der Waals surface area contributed by atoms with Gasteiger partial charge in [-0.05, 0) is 12.1 Å². The fourth-order valence-corrected chi connectivity index (χ4v) is 0.959. The Morgan fingerprint density at radius 2 is 2.50 bits per heavy atom. The van der Waals surface area contributed by atoms with E-state index in [4.69, 9.17) is 0 Å². The summed E-state index contributed by atoms with van der Waals surface area (Å²) < 4.78 is 0. The van der Waals surface area contributed by atoms with Crippen LogP contribution in [-0.2, 0) is 0 Å². The minimum Gasteiger partial charge on any atom is -0.300 e. The van der Waals surface area contributed by atoms with Gasteiger partial charge in [-0.3, -0.25) is 5.01 Å². The number of pyridine rings is 1. The molecule has 2 rings (SSSR count). The predicted molar refractivity (Wildman–Crippen MR) is 39.4 cm³/mol. The predicted octanol–water partition coefficient (Wildman–Crippen LogP) is 0.363. The van der Waals surface area contributed by atoms with E-state index in [2.05, 4.69) is 15.9 Å². The molecule has 0 aliphatic carbocycles. The summed E-state index contributed by atoms with van der Waals surface area (Å²) in [6.45, 7) is 0. The summed E-state index contributed by atoms with van der Waals surface area (Å²) in [4.78, 5) is 4.14. The molecule has 10 heavy (non-hydrogen) atoms. The van der Waals surface area contributed by atoms with Crippen LogP contribution in [0.15, 0.2) is 18.3 Å². The van der Waals surface area contributed by atoms with Gasteiger partial charge in [-0.25, -0.2) is 4.98 Å². The average Bonchev–Trinajstić information content (AvgIpc) is 2.34. The highest BCUT2D eigenvalue weighted by atomic mass is 15.7. The number of hydrogen-bond donors (Lipinski definition) is 2. The Morgan fingerprint density at radius 3 is 3.30 bits per heavy atom. The van der Waals surface area contributed by atoms with Crippen molar-refractivity contribution >= 4 is 11.5 Å². The van der Waals surface area contributed by atoms with Gasteiger partial charge in [0.15, 0.2) is 5.82 Å². The first kappa shape index (κ1) is 5.49. The molecule has 4 nitrogen and oxygen atoms in total. The quantitative estimate of drug-likeness (QED) is 0.540. The number of aromatic nitrogens is 1. The van der Waals surface area contributed by atoms with Crippen molar-refractivity contribution in [1.82, 2.24) is 10.5 Å². The first-order valence-corrected chi connectivity index (χ1v) is 3.08. The van der Waals surface area contributed by atoms with Gasteiger partial charge < -0.3 is 5.43 Å². The third kappa shape index (κ3) is 0.625. The minimum absolute atomic E-state index is 0.933. The van der Waals surface area contributed by atoms with E-state index in [1.54, 1.807) is 6.20 Å². The molecule has 1 aliphatic heterocycles. The van der Waals surface area contributed by atoms with Crippen molar-refractivity contribution in [3.05, 3.63) is 18.3 Å². The molecule has 0 bridgehead atoms. The molecule has 0 fully saturated rings. The summed E-state index contributed by atoms with van der Waals surface area (Å²) in [7, 11) is 1.91. The summed E-state index contributed by atoms with van der Waals surface area (Å²) in [6, 6.07) is 3.87. The third-order valence-electron chi connectivity index (χ3n) is 1.46. The lowest BCUT2D eigenvalue weighted by Crippen LogP contribution is -2.32. The second kappa shape index (κ2) is 1.85. The lowest BCUT2D eigenvalue weighted by molar-refractivity contribution is 0.810. The molecule has 0 unspecified atom stereocenters. The highest BCUT2D eigenvalue weighted by molar-refractivity contribution is 5.67. The van der Waals surface area contributed by atoms with Gasteiger partial charge in [0.05, 0.1) is 5.69 Å². The Kier molecular flexibility index (Phi) is 1.01. The van der Waals surface area contributed by atoms with E-state index in [1.807, 2.05) is 24.2 Å². The fraction of sp³-hybridized carbons (Fsp3) is 0.167. The molecule has 4 heteroatoms. The molecule has 0 amide bonds. The Morgan fingerprint density at radius 1 is 1.60 bits per heavy atom. The van der Waals surface area contributed by atoms with Crippen LogP contribution in [0.1, 0.15) is 0 Å². The number of nitrogens with zero attached hydrogens (tertiary/aromatic N) is 2. The van der Waals surface area contributed by atoms with Crippen molar-refractivity contribution < 1.29 is 0 Å². The molecule has 0 atom stereocenters. The monoisotopic (exact) mass is 136 g/mol. The minimum atomic E-state index is 0.933. The van der Waals surface area contributed by atoms with E-state index < -0.39 is 0 Å². The van der Waals surface area contributed by atoms with Gasteiger partial charge in [-0.15, -0.1) is 5.53 Å². The fourth-order valence-electron chi connectivity index (χ4n) is 0.959. The molecule has 1 aromatic rings. The largest absolute Gasteiger partial charge is 0.300 e. The van der Waals surface area contributed by atoms with Gasteiger partial charge >= 0.3 is 0 Å². The van der Waals surface area contributed by atoms with Crippen LogP contribution < -0.4 is 16.0 Å². The second-order valence-electron chi connectivity index (χ2n) is 2.17. The normalized spacial score (nSPS) is 14.7. The van der Waals surface area contributed by atoms with E-state index in [9.17, 15) is 0 Å². The molecule has 52 valence electrons. The molecule has 1 aromatic heterocycles. The molecule has 2 heterocycles. The summed E-state index contributed by atoms with van der Waals surface area (Å²) >= 11 is 0. The SMILES string of the molecule is CN1NNc2cccnc21. The summed E-state index contributed by atoms with van der Waals surface area (Å²) in [6.07, 6.45) is 1.77. The van der Waals surface area contributed by atoms with Crippen LogP contribution >= 0.6 is 0 Å². The maximum atomic E-state index is 4.14. The van der Waals surface area contributed by atoms with Gasteiger partial charge in [0.2, 0.25) is 0 Å². The van der Waals surface area contributed by atoms with Crippen LogP contribution in [0, 0.1) is 0 Å². The maximum absolute atomic E-state index is 4.14. The van der Waals surface area contributed by atoms with Crippen LogP contribution in [0.25, 0.3) is 0 Å². The van der Waals surface area contributed by atoms with Crippen LogP contribution in [0.2, 0.25) is 0 Å². The number of nitrogens with one attached hydrogen (secondary N) is 2. The molecule has 1 aliphatic rings. The van der Waals surface area contributed by atoms with E-state index in [0.29, 0.717) is 0 Å². The van der Waals surface area contributed by atoms with Gasteiger partial charge in [0, 0.05) is 13.2 Å². The van der Waals surface area contributed by atoms with Gasteiger partial charge in [0.25, 0.3) is 0 Å². The Labute approximate surface area is 58.8 Å². The molecular weight excluding hydrogens is 128 g/mol. The molecule has 0 spiro atoms. The smallest absolute Gasteiger partial charge is 0.168 e. The zero-order valence-electron chi connectivity index (χ0n) is 5.63.